The third-order valence-corrected chi connectivity index (χ3v) is 5.02. The van der Waals surface area contributed by atoms with Gasteiger partial charge in [-0.2, -0.15) is 5.26 Å². The summed E-state index contributed by atoms with van der Waals surface area (Å²) >= 11 is 1.29. The lowest BCUT2D eigenvalue weighted by Crippen LogP contribution is -2.13. The van der Waals surface area contributed by atoms with Gasteiger partial charge in [-0.3, -0.25) is 10.1 Å². The Labute approximate surface area is 172 Å². The van der Waals surface area contributed by atoms with Crippen LogP contribution in [0, 0.1) is 11.3 Å². The number of aromatic nitrogens is 1. The number of rotatable bonds is 6. The van der Waals surface area contributed by atoms with E-state index in [4.69, 9.17) is 4.74 Å². The van der Waals surface area contributed by atoms with Crippen molar-refractivity contribution in [3.8, 4) is 28.8 Å². The number of benzene rings is 2. The average molecular weight is 405 g/mol. The minimum atomic E-state index is -0.554. The van der Waals surface area contributed by atoms with Gasteiger partial charge < -0.3 is 9.84 Å². The van der Waals surface area contributed by atoms with Gasteiger partial charge in [0.15, 0.2) is 16.6 Å². The van der Waals surface area contributed by atoms with Gasteiger partial charge in [-0.25, -0.2) is 4.98 Å². The molecular weight excluding hydrogens is 386 g/mol. The van der Waals surface area contributed by atoms with Crippen LogP contribution in [0.3, 0.4) is 0 Å². The molecule has 29 heavy (non-hydrogen) atoms. The second kappa shape index (κ2) is 9.04. The van der Waals surface area contributed by atoms with Gasteiger partial charge >= 0.3 is 0 Å². The number of amides is 1. The summed E-state index contributed by atoms with van der Waals surface area (Å²) in [4.78, 5) is 16.9. The molecule has 0 radical (unpaired) electrons. The molecule has 0 unspecified atom stereocenters. The normalized spacial score (nSPS) is 11.0. The smallest absolute Gasteiger partial charge is 0.268 e. The number of phenols is 1. The Kier molecular flexibility index (Phi) is 6.27. The first-order valence-corrected chi connectivity index (χ1v) is 9.77. The Bertz CT molecular complexity index is 1100. The fourth-order valence-electron chi connectivity index (χ4n) is 2.64. The molecule has 0 bridgehead atoms. The summed E-state index contributed by atoms with van der Waals surface area (Å²) in [5.74, 6) is -0.313. The van der Waals surface area contributed by atoms with Gasteiger partial charge in [0.1, 0.15) is 11.6 Å². The fraction of sp³-hybridized carbons (Fsp3) is 0.136. The van der Waals surface area contributed by atoms with Crippen molar-refractivity contribution in [2.75, 3.05) is 12.4 Å². The van der Waals surface area contributed by atoms with Crippen LogP contribution in [0.2, 0.25) is 0 Å². The molecule has 0 aliphatic heterocycles. The summed E-state index contributed by atoms with van der Waals surface area (Å²) in [6.07, 6.45) is 2.39. The van der Waals surface area contributed by atoms with Crippen molar-refractivity contribution in [2.24, 2.45) is 0 Å². The van der Waals surface area contributed by atoms with Crippen molar-refractivity contribution >= 4 is 28.5 Å². The first-order chi connectivity index (χ1) is 14.0. The number of thiazole rings is 1. The number of hydrogen-bond donors (Lipinski definition) is 2. The zero-order valence-electron chi connectivity index (χ0n) is 16.0. The molecule has 7 heteroatoms. The number of aryl methyl sites for hydroxylation is 1. The lowest BCUT2D eigenvalue weighted by Gasteiger charge is -2.04. The number of methoxy groups -OCH3 is 1. The molecular formula is C22H19N3O3S. The van der Waals surface area contributed by atoms with Crippen molar-refractivity contribution < 1.29 is 14.6 Å². The minimum absolute atomic E-state index is 0.0186. The van der Waals surface area contributed by atoms with Gasteiger partial charge in [0, 0.05) is 10.9 Å². The van der Waals surface area contributed by atoms with Crippen molar-refractivity contribution in [1.29, 1.82) is 5.26 Å². The highest BCUT2D eigenvalue weighted by atomic mass is 32.1. The number of nitrogens with zero attached hydrogens (tertiary/aromatic N) is 2. The van der Waals surface area contributed by atoms with Crippen LogP contribution < -0.4 is 10.1 Å². The first kappa shape index (κ1) is 20.1. The minimum Gasteiger partial charge on any atom is -0.504 e. The highest BCUT2D eigenvalue weighted by Crippen LogP contribution is 2.28. The lowest BCUT2D eigenvalue weighted by molar-refractivity contribution is -0.112. The van der Waals surface area contributed by atoms with E-state index in [1.54, 1.807) is 12.1 Å². The Hall–Kier alpha value is -3.63. The largest absolute Gasteiger partial charge is 0.504 e. The molecule has 2 aromatic carbocycles. The van der Waals surface area contributed by atoms with Crippen LogP contribution in [-0.2, 0) is 11.2 Å². The van der Waals surface area contributed by atoms with Crippen LogP contribution in [0.1, 0.15) is 18.1 Å². The SMILES string of the molecule is CCc1ccc(-c2csc(NC(=O)/C(C#N)=C/c3ccc(O)c(OC)c3)n2)cc1. The number of phenolic OH excluding ortho intramolecular Hbond substituents is 1. The number of ether oxygens (including phenoxy) is 1. The third-order valence-electron chi connectivity index (χ3n) is 4.26. The molecule has 0 spiro atoms. The zero-order chi connectivity index (χ0) is 20.8. The van der Waals surface area contributed by atoms with Crippen LogP contribution in [0.25, 0.3) is 17.3 Å². The monoisotopic (exact) mass is 405 g/mol. The van der Waals surface area contributed by atoms with Crippen molar-refractivity contribution in [2.45, 2.75) is 13.3 Å². The van der Waals surface area contributed by atoms with Gasteiger partial charge in [-0.15, -0.1) is 11.3 Å². The number of anilines is 1. The van der Waals surface area contributed by atoms with Gasteiger partial charge in [0.05, 0.1) is 12.8 Å². The maximum absolute atomic E-state index is 12.5. The summed E-state index contributed by atoms with van der Waals surface area (Å²) < 4.78 is 5.05. The molecule has 0 fully saturated rings. The van der Waals surface area contributed by atoms with E-state index in [0.29, 0.717) is 10.7 Å². The molecule has 0 aliphatic carbocycles. The molecule has 1 heterocycles. The van der Waals surface area contributed by atoms with Gasteiger partial charge in [0.25, 0.3) is 5.91 Å². The van der Waals surface area contributed by atoms with E-state index in [0.717, 1.165) is 17.7 Å². The second-order valence-electron chi connectivity index (χ2n) is 6.14. The van der Waals surface area contributed by atoms with Crippen molar-refractivity contribution in [3.63, 3.8) is 0 Å². The molecule has 146 valence electrons. The van der Waals surface area contributed by atoms with Crippen LogP contribution in [-0.4, -0.2) is 23.1 Å². The molecule has 0 aliphatic rings. The van der Waals surface area contributed by atoms with Crippen molar-refractivity contribution in [1.82, 2.24) is 4.98 Å². The molecule has 0 saturated heterocycles. The fourth-order valence-corrected chi connectivity index (χ4v) is 3.35. The number of carbonyl (C=O) groups excluding carboxylic acids is 1. The molecule has 0 saturated carbocycles. The number of aromatic hydroxyl groups is 1. The maximum Gasteiger partial charge on any atom is 0.268 e. The summed E-state index contributed by atoms with van der Waals surface area (Å²) in [6.45, 7) is 2.10. The lowest BCUT2D eigenvalue weighted by atomic mass is 10.1. The van der Waals surface area contributed by atoms with E-state index in [1.165, 1.54) is 36.2 Å². The molecule has 6 nitrogen and oxygen atoms in total. The van der Waals surface area contributed by atoms with E-state index in [2.05, 4.69) is 29.4 Å². The second-order valence-corrected chi connectivity index (χ2v) is 7.00. The number of carbonyl (C=O) groups is 1. The Morgan fingerprint density at radius 2 is 2.07 bits per heavy atom. The average Bonchev–Trinajstić information content (AvgIpc) is 3.21. The van der Waals surface area contributed by atoms with Gasteiger partial charge in [0.2, 0.25) is 0 Å². The number of nitrogens with one attached hydrogen (secondary N) is 1. The highest BCUT2D eigenvalue weighted by Gasteiger charge is 2.13. The molecule has 0 atom stereocenters. The first-order valence-electron chi connectivity index (χ1n) is 8.89. The number of nitriles is 1. The topological polar surface area (TPSA) is 95.2 Å². The van der Waals surface area contributed by atoms with E-state index in [9.17, 15) is 15.2 Å². The van der Waals surface area contributed by atoms with Crippen LogP contribution in [0.5, 0.6) is 11.5 Å². The Balaban J connectivity index is 1.76. The summed E-state index contributed by atoms with van der Waals surface area (Å²) in [7, 11) is 1.43. The summed E-state index contributed by atoms with van der Waals surface area (Å²) in [5.41, 5.74) is 3.45. The Morgan fingerprint density at radius 1 is 1.31 bits per heavy atom. The summed E-state index contributed by atoms with van der Waals surface area (Å²) in [5, 5.41) is 24.0. The van der Waals surface area contributed by atoms with E-state index < -0.39 is 5.91 Å². The third kappa shape index (κ3) is 4.81. The predicted octanol–water partition coefficient (Wildman–Crippen LogP) is 4.63. The van der Waals surface area contributed by atoms with Gasteiger partial charge in [-0.1, -0.05) is 37.3 Å². The molecule has 3 aromatic rings. The van der Waals surface area contributed by atoms with Crippen LogP contribution in [0.4, 0.5) is 5.13 Å². The summed E-state index contributed by atoms with van der Waals surface area (Å²) in [6, 6.07) is 14.6. The molecule has 3 rings (SSSR count). The van der Waals surface area contributed by atoms with Crippen LogP contribution in [0.15, 0.2) is 53.4 Å². The predicted molar refractivity (Wildman–Crippen MR) is 114 cm³/mol. The maximum atomic E-state index is 12.5. The Morgan fingerprint density at radius 3 is 2.72 bits per heavy atom. The molecule has 2 N–H and O–H groups in total. The van der Waals surface area contributed by atoms with Crippen LogP contribution >= 0.6 is 11.3 Å². The van der Waals surface area contributed by atoms with Gasteiger partial charge in [-0.05, 0) is 35.8 Å². The molecule has 1 aromatic heterocycles. The zero-order valence-corrected chi connectivity index (χ0v) is 16.8. The number of hydrogen-bond acceptors (Lipinski definition) is 6. The van der Waals surface area contributed by atoms with Crippen molar-refractivity contribution in [3.05, 3.63) is 64.5 Å². The highest BCUT2D eigenvalue weighted by molar-refractivity contribution is 7.14. The quantitative estimate of drug-likeness (QED) is 0.460. The molecule has 1 amide bonds. The van der Waals surface area contributed by atoms with E-state index >= 15 is 0 Å². The van der Waals surface area contributed by atoms with E-state index in [-0.39, 0.29) is 17.1 Å². The standard InChI is InChI=1S/C22H19N3O3S/c1-3-14-4-7-16(8-5-14)18-13-29-22(24-18)25-21(27)17(12-23)10-15-6-9-19(26)20(11-15)28-2/h4-11,13,26H,3H2,1-2H3,(H,24,25,27)/b17-10+. The van der Waals surface area contributed by atoms with E-state index in [1.807, 2.05) is 23.6 Å².